The third-order valence-electron chi connectivity index (χ3n) is 7.04. The molecule has 2 aliphatic rings. The van der Waals surface area contributed by atoms with Gasteiger partial charge in [-0.1, -0.05) is 6.42 Å². The number of pyridine rings is 1. The Morgan fingerprint density at radius 3 is 2.77 bits per heavy atom. The van der Waals surface area contributed by atoms with Gasteiger partial charge in [0.05, 0.1) is 10.9 Å². The Bertz CT molecular complexity index is 1190. The number of carbonyl (C=O) groups excluding carboxylic acids is 1. The molecule has 1 aliphatic carbocycles. The lowest BCUT2D eigenvalue weighted by molar-refractivity contribution is 0.0890. The van der Waals surface area contributed by atoms with Gasteiger partial charge in [-0.2, -0.15) is 0 Å². The predicted octanol–water partition coefficient (Wildman–Crippen LogP) is 3.78. The minimum atomic E-state index is -0.164. The van der Waals surface area contributed by atoms with E-state index in [0.29, 0.717) is 29.8 Å². The van der Waals surface area contributed by atoms with Crippen LogP contribution in [0, 0.1) is 0 Å². The Balaban J connectivity index is 1.42. The quantitative estimate of drug-likeness (QED) is 0.673. The fourth-order valence-corrected chi connectivity index (χ4v) is 6.58. The molecule has 3 aromatic heterocycles. The Hall–Kier alpha value is -2.25. The third kappa shape index (κ3) is 3.68. The first-order chi connectivity index (χ1) is 15.0. The standard InChI is InChI=1S/C24H30N4O2S/c1-15-7-5-8-16(2)27(15)14-12-25-22(29)18-10-6-13-28-21(18)26-23-20(24(28)30)17-9-3-4-11-19(17)31-23/h6,10,13,15-16H,3-5,7-9,11-12,14H2,1-2H3,(H,25,29). The van der Waals surface area contributed by atoms with Gasteiger partial charge in [-0.05, 0) is 70.1 Å². The van der Waals surface area contributed by atoms with E-state index in [1.165, 1.54) is 36.1 Å². The first-order valence-electron chi connectivity index (χ1n) is 11.5. The van der Waals surface area contributed by atoms with E-state index in [1.807, 2.05) is 0 Å². The highest BCUT2D eigenvalue weighted by atomic mass is 32.1. The van der Waals surface area contributed by atoms with E-state index in [9.17, 15) is 9.59 Å². The molecule has 3 aromatic rings. The highest BCUT2D eigenvalue weighted by Gasteiger charge is 2.25. The minimum Gasteiger partial charge on any atom is -0.351 e. The van der Waals surface area contributed by atoms with Crippen LogP contribution in [0.1, 0.15) is 66.8 Å². The number of carbonyl (C=O) groups is 1. The molecule has 1 amide bonds. The van der Waals surface area contributed by atoms with Crippen molar-refractivity contribution in [2.24, 2.45) is 0 Å². The van der Waals surface area contributed by atoms with Crippen LogP contribution in [0.3, 0.4) is 0 Å². The zero-order valence-electron chi connectivity index (χ0n) is 18.3. The first kappa shape index (κ1) is 20.6. The third-order valence-corrected chi connectivity index (χ3v) is 8.22. The Morgan fingerprint density at radius 2 is 1.97 bits per heavy atom. The van der Waals surface area contributed by atoms with Crippen LogP contribution in [0.15, 0.2) is 23.1 Å². The molecular formula is C24H30N4O2S. The summed E-state index contributed by atoms with van der Waals surface area (Å²) in [6, 6.07) is 4.64. The van der Waals surface area contributed by atoms with Crippen molar-refractivity contribution in [3.8, 4) is 0 Å². The monoisotopic (exact) mass is 438 g/mol. The van der Waals surface area contributed by atoms with Gasteiger partial charge in [0, 0.05) is 36.2 Å². The number of hydrogen-bond donors (Lipinski definition) is 1. The van der Waals surface area contributed by atoms with Crippen molar-refractivity contribution in [2.45, 2.75) is 70.9 Å². The zero-order valence-corrected chi connectivity index (χ0v) is 19.1. The maximum atomic E-state index is 13.3. The summed E-state index contributed by atoms with van der Waals surface area (Å²) in [7, 11) is 0. The van der Waals surface area contributed by atoms with E-state index in [2.05, 4.69) is 24.1 Å². The normalized spacial score (nSPS) is 22.0. The van der Waals surface area contributed by atoms with Crippen LogP contribution in [-0.4, -0.2) is 45.4 Å². The number of nitrogens with one attached hydrogen (secondary N) is 1. The molecule has 2 atom stereocenters. The summed E-state index contributed by atoms with van der Waals surface area (Å²) in [5.74, 6) is -0.164. The SMILES string of the molecule is CC1CCCC(C)N1CCNC(=O)c1cccn2c(=O)c3c4c(sc3nc12)CCCC4. The maximum Gasteiger partial charge on any atom is 0.266 e. The molecule has 0 radical (unpaired) electrons. The van der Waals surface area contributed by atoms with Gasteiger partial charge < -0.3 is 5.32 Å². The van der Waals surface area contributed by atoms with Crippen LogP contribution in [0.5, 0.6) is 0 Å². The molecule has 1 N–H and O–H groups in total. The van der Waals surface area contributed by atoms with Crippen LogP contribution in [0.4, 0.5) is 0 Å². The topological polar surface area (TPSA) is 66.7 Å². The molecule has 0 spiro atoms. The number of thiophene rings is 1. The van der Waals surface area contributed by atoms with Crippen LogP contribution < -0.4 is 10.9 Å². The molecule has 1 saturated heterocycles. The van der Waals surface area contributed by atoms with E-state index in [-0.39, 0.29) is 11.5 Å². The highest BCUT2D eigenvalue weighted by molar-refractivity contribution is 7.18. The van der Waals surface area contributed by atoms with Crippen molar-refractivity contribution in [1.29, 1.82) is 0 Å². The molecule has 1 fully saturated rings. The lowest BCUT2D eigenvalue weighted by atomic mass is 9.97. The molecule has 7 heteroatoms. The van der Waals surface area contributed by atoms with E-state index >= 15 is 0 Å². The van der Waals surface area contributed by atoms with Gasteiger partial charge in [-0.25, -0.2) is 4.98 Å². The van der Waals surface area contributed by atoms with Gasteiger partial charge >= 0.3 is 0 Å². The Morgan fingerprint density at radius 1 is 1.19 bits per heavy atom. The number of amides is 1. The van der Waals surface area contributed by atoms with Gasteiger partial charge in [0.2, 0.25) is 0 Å². The Kier molecular flexibility index (Phi) is 5.56. The minimum absolute atomic E-state index is 0.0509. The largest absolute Gasteiger partial charge is 0.351 e. The van der Waals surface area contributed by atoms with Crippen LogP contribution in [0.25, 0.3) is 15.9 Å². The molecule has 0 aromatic carbocycles. The lowest BCUT2D eigenvalue weighted by Gasteiger charge is -2.39. The summed E-state index contributed by atoms with van der Waals surface area (Å²) in [6.45, 7) is 5.97. The molecule has 1 aliphatic heterocycles. The zero-order chi connectivity index (χ0) is 21.5. The first-order valence-corrected chi connectivity index (χ1v) is 12.4. The fourth-order valence-electron chi connectivity index (χ4n) is 5.33. The van der Waals surface area contributed by atoms with Crippen molar-refractivity contribution in [3.05, 3.63) is 44.7 Å². The molecule has 164 valence electrons. The molecule has 4 heterocycles. The summed E-state index contributed by atoms with van der Waals surface area (Å²) in [5.41, 5.74) is 2.05. The molecule has 5 rings (SSSR count). The molecule has 6 nitrogen and oxygen atoms in total. The lowest BCUT2D eigenvalue weighted by Crippen LogP contribution is -2.47. The average Bonchev–Trinajstić information content (AvgIpc) is 3.14. The highest BCUT2D eigenvalue weighted by Crippen LogP contribution is 2.34. The van der Waals surface area contributed by atoms with Gasteiger partial charge in [-0.3, -0.25) is 18.9 Å². The number of hydrogen-bond acceptors (Lipinski definition) is 5. The predicted molar refractivity (Wildman–Crippen MR) is 125 cm³/mol. The summed E-state index contributed by atoms with van der Waals surface area (Å²) in [6.07, 6.45) is 9.71. The molecule has 31 heavy (non-hydrogen) atoms. The van der Waals surface area contributed by atoms with Crippen LogP contribution >= 0.6 is 11.3 Å². The molecule has 0 saturated carbocycles. The number of aromatic nitrogens is 2. The van der Waals surface area contributed by atoms with Crippen LogP contribution in [-0.2, 0) is 12.8 Å². The van der Waals surface area contributed by atoms with E-state index < -0.39 is 0 Å². The number of rotatable bonds is 4. The van der Waals surface area contributed by atoms with Crippen molar-refractivity contribution in [3.63, 3.8) is 0 Å². The summed E-state index contributed by atoms with van der Waals surface area (Å²) < 4.78 is 1.55. The number of piperidine rings is 1. The summed E-state index contributed by atoms with van der Waals surface area (Å²) >= 11 is 1.62. The Labute approximate surface area is 186 Å². The molecular weight excluding hydrogens is 408 g/mol. The smallest absolute Gasteiger partial charge is 0.266 e. The van der Waals surface area contributed by atoms with Gasteiger partial charge in [0.1, 0.15) is 4.83 Å². The number of likely N-dealkylation sites (tertiary alicyclic amines) is 1. The second-order valence-corrected chi connectivity index (χ2v) is 10.1. The van der Waals surface area contributed by atoms with Crippen molar-refractivity contribution < 1.29 is 4.79 Å². The summed E-state index contributed by atoms with van der Waals surface area (Å²) in [5, 5.41) is 3.82. The second kappa shape index (κ2) is 8.36. The number of aryl methyl sites for hydroxylation is 2. The second-order valence-electron chi connectivity index (χ2n) is 9.05. The van der Waals surface area contributed by atoms with Crippen molar-refractivity contribution >= 4 is 33.1 Å². The van der Waals surface area contributed by atoms with Gasteiger partial charge in [-0.15, -0.1) is 11.3 Å². The van der Waals surface area contributed by atoms with E-state index in [4.69, 9.17) is 4.98 Å². The fraction of sp³-hybridized carbons (Fsp3) is 0.542. The van der Waals surface area contributed by atoms with E-state index in [0.717, 1.165) is 36.0 Å². The number of fused-ring (bicyclic) bond motifs is 4. The van der Waals surface area contributed by atoms with Crippen molar-refractivity contribution in [1.82, 2.24) is 19.6 Å². The van der Waals surface area contributed by atoms with Gasteiger partial charge in [0.15, 0.2) is 5.65 Å². The average molecular weight is 439 g/mol. The maximum absolute atomic E-state index is 13.3. The van der Waals surface area contributed by atoms with Gasteiger partial charge in [0.25, 0.3) is 11.5 Å². The van der Waals surface area contributed by atoms with Crippen molar-refractivity contribution in [2.75, 3.05) is 13.1 Å². The molecule has 0 bridgehead atoms. The van der Waals surface area contributed by atoms with Crippen LogP contribution in [0.2, 0.25) is 0 Å². The number of nitrogens with zero attached hydrogens (tertiary/aromatic N) is 3. The molecule has 2 unspecified atom stereocenters. The van der Waals surface area contributed by atoms with E-state index in [1.54, 1.807) is 34.1 Å². The summed E-state index contributed by atoms with van der Waals surface area (Å²) in [4.78, 5) is 35.6.